The summed E-state index contributed by atoms with van der Waals surface area (Å²) in [5, 5.41) is 0. The van der Waals surface area contributed by atoms with Gasteiger partial charge in [-0.1, -0.05) is 0 Å². The Hall–Kier alpha value is 0.380. The Labute approximate surface area is 78.6 Å². The minimum Gasteiger partial charge on any atom is -0.365 e. The van der Waals surface area contributed by atoms with Crippen molar-refractivity contribution in [1.29, 1.82) is 0 Å². The second-order valence-electron chi connectivity index (χ2n) is 3.43. The van der Waals surface area contributed by atoms with Crippen molar-refractivity contribution in [2.24, 2.45) is 0 Å². The van der Waals surface area contributed by atoms with E-state index in [1.54, 1.807) is 0 Å². The molecule has 0 aromatic heterocycles. The average molecular weight is 224 g/mol. The van der Waals surface area contributed by atoms with E-state index in [1.807, 2.05) is 0 Å². The summed E-state index contributed by atoms with van der Waals surface area (Å²) in [4.78, 5) is 0. The molecule has 4 unspecified atom stereocenters. The Morgan fingerprint density at radius 2 is 1.38 bits per heavy atom. The molecule has 0 N–H and O–H groups in total. The van der Waals surface area contributed by atoms with Gasteiger partial charge in [0, 0.05) is 12.3 Å². The Bertz CT molecular complexity index is 211. The van der Waals surface area contributed by atoms with Gasteiger partial charge >= 0.3 is 0 Å². The first-order valence-electron chi connectivity index (χ1n) is 4.56. The molecule has 2 fully saturated rings. The number of epoxide rings is 2. The van der Waals surface area contributed by atoms with E-state index in [0.29, 0.717) is 25.5 Å². The maximum absolute atomic E-state index is 11.3. The third kappa shape index (κ3) is 3.21. The summed E-state index contributed by atoms with van der Waals surface area (Å²) in [5.41, 5.74) is 0. The van der Waals surface area contributed by atoms with Crippen LogP contribution < -0.4 is 0 Å². The van der Waals surface area contributed by atoms with Crippen molar-refractivity contribution in [3.63, 3.8) is 0 Å². The predicted octanol–water partition coefficient (Wildman–Crippen LogP) is 1.21. The second kappa shape index (κ2) is 4.27. The lowest BCUT2D eigenvalue weighted by Gasteiger charge is -1.98. The van der Waals surface area contributed by atoms with Crippen molar-refractivity contribution in [3.05, 3.63) is 0 Å². The largest absolute Gasteiger partial charge is 0.365 e. The first kappa shape index (κ1) is 9.92. The third-order valence-corrected chi connectivity index (χ3v) is 6.03. The zero-order valence-electron chi connectivity index (χ0n) is 7.32. The van der Waals surface area contributed by atoms with Crippen LogP contribution in [0.25, 0.3) is 0 Å². The monoisotopic (exact) mass is 224 g/mol. The van der Waals surface area contributed by atoms with Crippen LogP contribution >= 0.6 is 15.6 Å². The molecule has 0 spiro atoms. The third-order valence-electron chi connectivity index (χ3n) is 2.23. The molecule has 0 saturated carbocycles. The van der Waals surface area contributed by atoms with Crippen LogP contribution in [0.1, 0.15) is 6.42 Å². The molecule has 2 aliphatic heterocycles. The number of hydrogen-bond acceptors (Lipinski definition) is 4. The molecule has 4 nitrogen and oxygen atoms in total. The van der Waals surface area contributed by atoms with E-state index in [0.717, 1.165) is 6.42 Å². The van der Waals surface area contributed by atoms with Gasteiger partial charge in [0.05, 0.1) is 13.2 Å². The van der Waals surface area contributed by atoms with Crippen LogP contribution in [0.2, 0.25) is 0 Å². The van der Waals surface area contributed by atoms with Gasteiger partial charge in [0.15, 0.2) is 0 Å². The molecule has 0 aromatic carbocycles. The van der Waals surface area contributed by atoms with Crippen LogP contribution in [0.3, 0.4) is 0 Å². The SMILES string of the molecule is O=[PH](CCC[PH](=O)C1CO1)C1CO1. The molecular formula is C7H14O4P2. The van der Waals surface area contributed by atoms with Crippen LogP contribution in [-0.4, -0.2) is 37.2 Å². The van der Waals surface area contributed by atoms with Gasteiger partial charge in [0.1, 0.15) is 27.3 Å². The van der Waals surface area contributed by atoms with Crippen molar-refractivity contribution in [2.45, 2.75) is 18.1 Å². The highest BCUT2D eigenvalue weighted by atomic mass is 31.1. The number of hydrogen-bond donors (Lipinski definition) is 0. The van der Waals surface area contributed by atoms with Gasteiger partial charge in [0.25, 0.3) is 0 Å². The lowest BCUT2D eigenvalue weighted by Crippen LogP contribution is -1.89. The van der Waals surface area contributed by atoms with Crippen LogP contribution in [0, 0.1) is 0 Å². The topological polar surface area (TPSA) is 59.2 Å². The van der Waals surface area contributed by atoms with E-state index in [2.05, 4.69) is 0 Å². The fourth-order valence-electron chi connectivity index (χ4n) is 1.23. The number of rotatable bonds is 6. The molecule has 0 radical (unpaired) electrons. The van der Waals surface area contributed by atoms with Crippen LogP contribution in [0.5, 0.6) is 0 Å². The first-order valence-corrected chi connectivity index (χ1v) is 7.94. The van der Waals surface area contributed by atoms with E-state index >= 15 is 0 Å². The maximum Gasteiger partial charge on any atom is 0.131 e. The zero-order chi connectivity index (χ0) is 9.26. The summed E-state index contributed by atoms with van der Waals surface area (Å²) in [6.45, 7) is 1.33. The van der Waals surface area contributed by atoms with Gasteiger partial charge in [-0.25, -0.2) is 0 Å². The molecule has 76 valence electrons. The normalized spacial score (nSPS) is 35.4. The van der Waals surface area contributed by atoms with Crippen molar-refractivity contribution >= 4 is 15.6 Å². The van der Waals surface area contributed by atoms with Crippen LogP contribution in [0.4, 0.5) is 0 Å². The van der Waals surface area contributed by atoms with E-state index < -0.39 is 15.6 Å². The highest BCUT2D eigenvalue weighted by Crippen LogP contribution is 2.41. The predicted molar refractivity (Wildman–Crippen MR) is 51.8 cm³/mol. The number of ether oxygens (including phenoxy) is 2. The first-order chi connectivity index (χ1) is 6.27. The molecule has 2 rings (SSSR count). The fourth-order valence-corrected chi connectivity index (χ4v) is 4.21. The summed E-state index contributed by atoms with van der Waals surface area (Å²) >= 11 is 0. The van der Waals surface area contributed by atoms with Gasteiger partial charge in [-0.3, -0.25) is 0 Å². The molecule has 13 heavy (non-hydrogen) atoms. The summed E-state index contributed by atoms with van der Waals surface area (Å²) in [6, 6.07) is 0. The summed E-state index contributed by atoms with van der Waals surface area (Å²) in [5.74, 6) is 0.0917. The molecule has 2 saturated heterocycles. The minimum absolute atomic E-state index is 0.0458. The molecular weight excluding hydrogens is 210 g/mol. The van der Waals surface area contributed by atoms with Crippen molar-refractivity contribution < 1.29 is 18.6 Å². The molecule has 4 atom stereocenters. The zero-order valence-corrected chi connectivity index (χ0v) is 9.32. The van der Waals surface area contributed by atoms with Gasteiger partial charge in [-0.05, 0) is 6.42 Å². The van der Waals surface area contributed by atoms with Crippen molar-refractivity contribution in [1.82, 2.24) is 0 Å². The molecule has 2 aliphatic rings. The van der Waals surface area contributed by atoms with Gasteiger partial charge in [0.2, 0.25) is 0 Å². The quantitative estimate of drug-likeness (QED) is 0.502. The summed E-state index contributed by atoms with van der Waals surface area (Å²) < 4.78 is 32.5. The summed E-state index contributed by atoms with van der Waals surface area (Å²) in [6.07, 6.45) is 2.19. The molecule has 0 amide bonds. The molecule has 2 heterocycles. The highest BCUT2D eigenvalue weighted by Gasteiger charge is 2.31. The molecule has 0 aromatic rings. The second-order valence-corrected chi connectivity index (χ2v) is 7.58. The minimum atomic E-state index is -1.53. The van der Waals surface area contributed by atoms with Gasteiger partial charge in [-0.15, -0.1) is 0 Å². The van der Waals surface area contributed by atoms with E-state index in [1.165, 1.54) is 0 Å². The van der Waals surface area contributed by atoms with Crippen molar-refractivity contribution in [2.75, 3.05) is 25.5 Å². The van der Waals surface area contributed by atoms with Gasteiger partial charge < -0.3 is 18.6 Å². The molecule has 0 aliphatic carbocycles. The Kier molecular flexibility index (Phi) is 3.26. The maximum atomic E-state index is 11.3. The van der Waals surface area contributed by atoms with E-state index in [9.17, 15) is 9.13 Å². The fraction of sp³-hybridized carbons (Fsp3) is 1.00. The summed E-state index contributed by atoms with van der Waals surface area (Å²) in [7, 11) is -3.06. The van der Waals surface area contributed by atoms with Crippen LogP contribution in [0.15, 0.2) is 0 Å². The lowest BCUT2D eigenvalue weighted by molar-refractivity contribution is 0.448. The Balaban J connectivity index is 1.56. The van der Waals surface area contributed by atoms with Crippen molar-refractivity contribution in [3.8, 4) is 0 Å². The van der Waals surface area contributed by atoms with E-state index in [-0.39, 0.29) is 11.7 Å². The Morgan fingerprint density at radius 3 is 1.69 bits per heavy atom. The smallest absolute Gasteiger partial charge is 0.131 e. The molecule has 0 bridgehead atoms. The lowest BCUT2D eigenvalue weighted by atomic mass is 10.6. The molecule has 6 heteroatoms. The van der Waals surface area contributed by atoms with E-state index in [4.69, 9.17) is 9.47 Å². The van der Waals surface area contributed by atoms with Crippen LogP contribution in [-0.2, 0) is 18.6 Å². The van der Waals surface area contributed by atoms with Gasteiger partial charge in [-0.2, -0.15) is 0 Å². The Morgan fingerprint density at radius 1 is 1.00 bits per heavy atom. The highest BCUT2D eigenvalue weighted by molar-refractivity contribution is 7.46. The standard InChI is InChI=1S/C7H14O4P2/c8-12(6-4-10-6)2-1-3-13(9)7-5-11-7/h6-7,12-13H,1-5H2. The average Bonchev–Trinajstić information content (AvgIpc) is 2.95.